The molecule has 1 fully saturated rings. The van der Waals surface area contributed by atoms with E-state index in [9.17, 15) is 0 Å². The highest BCUT2D eigenvalue weighted by atomic mass is 15.1. The Hall–Kier alpha value is -0.120. The number of piperidine rings is 1. The van der Waals surface area contributed by atoms with E-state index in [4.69, 9.17) is 0 Å². The van der Waals surface area contributed by atoms with Gasteiger partial charge in [-0.25, -0.2) is 0 Å². The van der Waals surface area contributed by atoms with Crippen molar-refractivity contribution >= 4 is 0 Å². The van der Waals surface area contributed by atoms with Gasteiger partial charge in [0, 0.05) is 6.54 Å². The highest BCUT2D eigenvalue weighted by molar-refractivity contribution is 4.84. The van der Waals surface area contributed by atoms with Gasteiger partial charge < -0.3 is 15.1 Å². The molecule has 1 saturated heterocycles. The average molecular weight is 255 g/mol. The summed E-state index contributed by atoms with van der Waals surface area (Å²) in [5.41, 5.74) is 0.431. The van der Waals surface area contributed by atoms with Crippen molar-refractivity contribution in [3.63, 3.8) is 0 Å². The second kappa shape index (κ2) is 7.46. The topological polar surface area (TPSA) is 18.5 Å². The van der Waals surface area contributed by atoms with Gasteiger partial charge in [-0.15, -0.1) is 0 Å². The van der Waals surface area contributed by atoms with Crippen LogP contribution in [0.1, 0.15) is 33.1 Å². The average Bonchev–Trinajstić information content (AvgIpc) is 2.29. The van der Waals surface area contributed by atoms with Crippen LogP contribution in [0.15, 0.2) is 0 Å². The van der Waals surface area contributed by atoms with Crippen molar-refractivity contribution in [2.24, 2.45) is 11.3 Å². The molecular formula is C15H33N3. The Balaban J connectivity index is 2.29. The fourth-order valence-electron chi connectivity index (χ4n) is 3.08. The molecule has 3 heteroatoms. The predicted octanol–water partition coefficient (Wildman–Crippen LogP) is 1.90. The molecule has 0 amide bonds. The summed E-state index contributed by atoms with van der Waals surface area (Å²) < 4.78 is 0. The smallest absolute Gasteiger partial charge is 0.00328 e. The maximum absolute atomic E-state index is 3.55. The molecular weight excluding hydrogens is 222 g/mol. The first-order valence-corrected chi connectivity index (χ1v) is 7.46. The second-order valence-electron chi connectivity index (χ2n) is 6.93. The monoisotopic (exact) mass is 255 g/mol. The lowest BCUT2D eigenvalue weighted by molar-refractivity contribution is 0.113. The fraction of sp³-hybridized carbons (Fsp3) is 1.00. The molecule has 0 bridgehead atoms. The molecule has 3 nitrogen and oxygen atoms in total. The zero-order valence-electron chi connectivity index (χ0n) is 13.1. The summed E-state index contributed by atoms with van der Waals surface area (Å²) in [6, 6.07) is 0. The number of hydrogen-bond donors (Lipinski definition) is 1. The Kier molecular flexibility index (Phi) is 6.61. The van der Waals surface area contributed by atoms with Gasteiger partial charge in [-0.2, -0.15) is 0 Å². The van der Waals surface area contributed by atoms with E-state index in [1.807, 2.05) is 0 Å². The standard InChI is InChI=1S/C15H33N3/c1-15(2,14-8-6-9-16-12-14)13-18(5)11-7-10-17(3)4/h14,16H,6-13H2,1-5H3. The van der Waals surface area contributed by atoms with Crippen LogP contribution in [0.25, 0.3) is 0 Å². The molecule has 108 valence electrons. The van der Waals surface area contributed by atoms with E-state index in [0.717, 1.165) is 5.92 Å². The van der Waals surface area contributed by atoms with Gasteiger partial charge in [-0.3, -0.25) is 0 Å². The third-order valence-corrected chi connectivity index (χ3v) is 4.22. The molecule has 0 aromatic heterocycles. The molecule has 1 rings (SSSR count). The maximum Gasteiger partial charge on any atom is 0.00328 e. The molecule has 0 radical (unpaired) electrons. The van der Waals surface area contributed by atoms with E-state index in [1.165, 1.54) is 52.0 Å². The fourth-order valence-corrected chi connectivity index (χ4v) is 3.08. The quantitative estimate of drug-likeness (QED) is 0.749. The third-order valence-electron chi connectivity index (χ3n) is 4.22. The second-order valence-corrected chi connectivity index (χ2v) is 6.93. The highest BCUT2D eigenvalue weighted by Gasteiger charge is 2.31. The zero-order valence-corrected chi connectivity index (χ0v) is 13.1. The van der Waals surface area contributed by atoms with Gasteiger partial charge >= 0.3 is 0 Å². The molecule has 1 aliphatic rings. The van der Waals surface area contributed by atoms with Crippen LogP contribution in [0.5, 0.6) is 0 Å². The minimum Gasteiger partial charge on any atom is -0.316 e. The largest absolute Gasteiger partial charge is 0.316 e. The van der Waals surface area contributed by atoms with Crippen LogP contribution in [0.3, 0.4) is 0 Å². The molecule has 0 aromatic carbocycles. The van der Waals surface area contributed by atoms with Crippen LogP contribution in [0.2, 0.25) is 0 Å². The zero-order chi connectivity index (χ0) is 13.6. The number of nitrogens with zero attached hydrogens (tertiary/aromatic N) is 2. The van der Waals surface area contributed by atoms with E-state index in [2.05, 4.69) is 50.1 Å². The maximum atomic E-state index is 3.55. The first-order valence-electron chi connectivity index (χ1n) is 7.46. The molecule has 1 atom stereocenters. The van der Waals surface area contributed by atoms with E-state index in [-0.39, 0.29) is 0 Å². The van der Waals surface area contributed by atoms with Gasteiger partial charge in [-0.05, 0) is 77.9 Å². The van der Waals surface area contributed by atoms with Gasteiger partial charge in [0.2, 0.25) is 0 Å². The van der Waals surface area contributed by atoms with Crippen LogP contribution in [-0.4, -0.2) is 63.7 Å². The van der Waals surface area contributed by atoms with Crippen molar-refractivity contribution in [2.75, 3.05) is 53.9 Å². The first kappa shape index (κ1) is 15.9. The molecule has 1 heterocycles. The van der Waals surface area contributed by atoms with Gasteiger partial charge in [0.25, 0.3) is 0 Å². The Labute approximate surface area is 114 Å². The Morgan fingerprint density at radius 1 is 1.17 bits per heavy atom. The Morgan fingerprint density at radius 2 is 1.89 bits per heavy atom. The van der Waals surface area contributed by atoms with Crippen molar-refractivity contribution in [3.8, 4) is 0 Å². The summed E-state index contributed by atoms with van der Waals surface area (Å²) in [5.74, 6) is 0.836. The molecule has 0 spiro atoms. The number of hydrogen-bond acceptors (Lipinski definition) is 3. The summed E-state index contributed by atoms with van der Waals surface area (Å²) in [6.07, 6.45) is 4.01. The number of rotatable bonds is 7. The molecule has 0 aromatic rings. The van der Waals surface area contributed by atoms with Crippen molar-refractivity contribution in [2.45, 2.75) is 33.1 Å². The van der Waals surface area contributed by atoms with Gasteiger partial charge in [0.05, 0.1) is 0 Å². The summed E-state index contributed by atoms with van der Waals surface area (Å²) in [6.45, 7) is 10.9. The Bertz CT molecular complexity index is 220. The van der Waals surface area contributed by atoms with E-state index < -0.39 is 0 Å². The molecule has 0 aliphatic carbocycles. The molecule has 0 saturated carbocycles. The summed E-state index contributed by atoms with van der Waals surface area (Å²) in [7, 11) is 6.57. The SMILES string of the molecule is CN(C)CCCN(C)CC(C)(C)C1CCCNC1. The van der Waals surface area contributed by atoms with E-state index in [0.29, 0.717) is 5.41 Å². The number of nitrogens with one attached hydrogen (secondary N) is 1. The van der Waals surface area contributed by atoms with Gasteiger partial charge in [0.15, 0.2) is 0 Å². The van der Waals surface area contributed by atoms with E-state index in [1.54, 1.807) is 0 Å². The highest BCUT2D eigenvalue weighted by Crippen LogP contribution is 2.32. The lowest BCUT2D eigenvalue weighted by Gasteiger charge is -2.40. The minimum absolute atomic E-state index is 0.431. The van der Waals surface area contributed by atoms with Crippen molar-refractivity contribution in [3.05, 3.63) is 0 Å². The van der Waals surface area contributed by atoms with Gasteiger partial charge in [-0.1, -0.05) is 13.8 Å². The molecule has 18 heavy (non-hydrogen) atoms. The summed E-state index contributed by atoms with van der Waals surface area (Å²) in [4.78, 5) is 4.78. The van der Waals surface area contributed by atoms with Crippen LogP contribution in [-0.2, 0) is 0 Å². The van der Waals surface area contributed by atoms with Crippen molar-refractivity contribution < 1.29 is 0 Å². The normalized spacial score (nSPS) is 21.8. The van der Waals surface area contributed by atoms with Gasteiger partial charge in [0.1, 0.15) is 0 Å². The molecule has 1 N–H and O–H groups in total. The van der Waals surface area contributed by atoms with Crippen LogP contribution in [0.4, 0.5) is 0 Å². The summed E-state index contributed by atoms with van der Waals surface area (Å²) in [5, 5.41) is 3.55. The van der Waals surface area contributed by atoms with Crippen molar-refractivity contribution in [1.82, 2.24) is 15.1 Å². The van der Waals surface area contributed by atoms with Crippen LogP contribution >= 0.6 is 0 Å². The Morgan fingerprint density at radius 3 is 2.44 bits per heavy atom. The first-order chi connectivity index (χ1) is 8.42. The third kappa shape index (κ3) is 5.68. The molecule has 1 aliphatic heterocycles. The molecule has 1 unspecified atom stereocenters. The van der Waals surface area contributed by atoms with Crippen molar-refractivity contribution in [1.29, 1.82) is 0 Å². The minimum atomic E-state index is 0.431. The van der Waals surface area contributed by atoms with E-state index >= 15 is 0 Å². The summed E-state index contributed by atoms with van der Waals surface area (Å²) >= 11 is 0. The van der Waals surface area contributed by atoms with Crippen LogP contribution < -0.4 is 5.32 Å². The lowest BCUT2D eigenvalue weighted by atomic mass is 9.74. The lowest BCUT2D eigenvalue weighted by Crippen LogP contribution is -2.44. The predicted molar refractivity (Wildman–Crippen MR) is 80.0 cm³/mol. The van der Waals surface area contributed by atoms with Crippen LogP contribution in [0, 0.1) is 11.3 Å².